The Bertz CT molecular complexity index is 492. The Morgan fingerprint density at radius 3 is 2.86 bits per heavy atom. The van der Waals surface area contributed by atoms with Crippen molar-refractivity contribution in [2.75, 3.05) is 5.32 Å². The molecule has 0 aliphatic carbocycles. The number of rotatable bonds is 3. The predicted octanol–water partition coefficient (Wildman–Crippen LogP) is -0.567. The molecule has 1 N–H and O–H groups in total. The maximum atomic E-state index is 10.5. The molecule has 0 spiro atoms. The van der Waals surface area contributed by atoms with Crippen molar-refractivity contribution in [1.82, 2.24) is 19.5 Å². The number of nitrogens with zero attached hydrogens (tertiary/aromatic N) is 4. The number of amides is 1. The maximum absolute atomic E-state index is 10.5. The molecule has 0 aliphatic heterocycles. The van der Waals surface area contributed by atoms with Gasteiger partial charge < -0.3 is 5.32 Å². The van der Waals surface area contributed by atoms with Crippen molar-refractivity contribution in [3.8, 4) is 0 Å². The molecular weight excluding hydrogens is 186 g/mol. The number of anilines is 1. The van der Waals surface area contributed by atoms with E-state index in [2.05, 4.69) is 20.3 Å². The molecule has 0 atom stereocenters. The second kappa shape index (κ2) is 3.21. The molecular formula is C7H5N5O2. The highest BCUT2D eigenvalue weighted by atomic mass is 16.1. The maximum Gasteiger partial charge on any atom is 0.220 e. The first-order valence-corrected chi connectivity index (χ1v) is 3.70. The summed E-state index contributed by atoms with van der Waals surface area (Å²) < 4.78 is 1.20. The summed E-state index contributed by atoms with van der Waals surface area (Å²) in [5.41, 5.74) is 0.742. The molecule has 7 nitrogen and oxygen atoms in total. The van der Waals surface area contributed by atoms with E-state index < -0.39 is 0 Å². The van der Waals surface area contributed by atoms with E-state index in [4.69, 9.17) is 0 Å². The van der Waals surface area contributed by atoms with Crippen LogP contribution in [-0.4, -0.2) is 32.3 Å². The average molecular weight is 191 g/mol. The average Bonchev–Trinajstić information content (AvgIpc) is 2.62. The van der Waals surface area contributed by atoms with Gasteiger partial charge >= 0.3 is 0 Å². The lowest BCUT2D eigenvalue weighted by atomic mass is 10.5. The standard InChI is InChI=1S/C7H5N5O2/c13-3-11-6-5-7(9-1-8-6)12(4-14)2-10-5/h1-4H,(H,8,9,11,13). The van der Waals surface area contributed by atoms with Gasteiger partial charge in [0.25, 0.3) is 0 Å². The van der Waals surface area contributed by atoms with E-state index in [1.54, 1.807) is 0 Å². The lowest BCUT2D eigenvalue weighted by molar-refractivity contribution is -0.105. The summed E-state index contributed by atoms with van der Waals surface area (Å²) in [4.78, 5) is 32.3. The molecule has 0 saturated carbocycles. The van der Waals surface area contributed by atoms with Gasteiger partial charge in [-0.25, -0.2) is 15.0 Å². The van der Waals surface area contributed by atoms with Crippen LogP contribution in [-0.2, 0) is 9.59 Å². The van der Waals surface area contributed by atoms with Gasteiger partial charge in [0.2, 0.25) is 12.8 Å². The van der Waals surface area contributed by atoms with Crippen molar-refractivity contribution in [3.63, 3.8) is 0 Å². The van der Waals surface area contributed by atoms with Gasteiger partial charge in [-0.15, -0.1) is 0 Å². The van der Waals surface area contributed by atoms with Gasteiger partial charge in [-0.2, -0.15) is 0 Å². The third-order valence-corrected chi connectivity index (χ3v) is 1.67. The third kappa shape index (κ3) is 1.11. The summed E-state index contributed by atoms with van der Waals surface area (Å²) in [5, 5.41) is 2.36. The Morgan fingerprint density at radius 1 is 1.29 bits per heavy atom. The Labute approximate surface area is 77.8 Å². The number of carbonyl (C=O) groups is 2. The van der Waals surface area contributed by atoms with Crippen LogP contribution in [0.1, 0.15) is 0 Å². The minimum atomic E-state index is 0.283. The molecule has 0 saturated heterocycles. The zero-order valence-corrected chi connectivity index (χ0v) is 6.91. The van der Waals surface area contributed by atoms with Crippen LogP contribution in [0.25, 0.3) is 11.2 Å². The number of carbonyl (C=O) groups excluding carboxylic acids is 2. The number of imidazole rings is 1. The fraction of sp³-hybridized carbons (Fsp3) is 0. The van der Waals surface area contributed by atoms with Crippen molar-refractivity contribution in [1.29, 1.82) is 0 Å². The van der Waals surface area contributed by atoms with E-state index in [0.717, 1.165) is 0 Å². The minimum Gasteiger partial charge on any atom is -0.311 e. The lowest BCUT2D eigenvalue weighted by Crippen LogP contribution is -2.00. The van der Waals surface area contributed by atoms with Crippen LogP contribution in [0, 0.1) is 0 Å². The number of aromatic nitrogens is 4. The summed E-state index contributed by atoms with van der Waals surface area (Å²) in [7, 11) is 0. The van der Waals surface area contributed by atoms with E-state index in [0.29, 0.717) is 24.0 Å². The van der Waals surface area contributed by atoms with Crippen LogP contribution in [0.5, 0.6) is 0 Å². The van der Waals surface area contributed by atoms with Crippen LogP contribution < -0.4 is 5.32 Å². The highest BCUT2D eigenvalue weighted by Gasteiger charge is 2.08. The van der Waals surface area contributed by atoms with Gasteiger partial charge in [-0.05, 0) is 0 Å². The van der Waals surface area contributed by atoms with E-state index in [1.807, 2.05) is 0 Å². The van der Waals surface area contributed by atoms with Crippen LogP contribution in [0.3, 0.4) is 0 Å². The van der Waals surface area contributed by atoms with E-state index in [1.165, 1.54) is 17.2 Å². The van der Waals surface area contributed by atoms with Crippen molar-refractivity contribution >= 4 is 29.8 Å². The fourth-order valence-electron chi connectivity index (χ4n) is 1.09. The van der Waals surface area contributed by atoms with Crippen molar-refractivity contribution in [2.24, 2.45) is 0 Å². The predicted molar refractivity (Wildman–Crippen MR) is 47.2 cm³/mol. The van der Waals surface area contributed by atoms with Crippen LogP contribution in [0.4, 0.5) is 5.82 Å². The lowest BCUT2D eigenvalue weighted by Gasteiger charge is -1.96. The molecule has 0 aliphatic rings. The van der Waals surface area contributed by atoms with Crippen LogP contribution in [0.2, 0.25) is 0 Å². The zero-order valence-electron chi connectivity index (χ0n) is 6.91. The highest BCUT2D eigenvalue weighted by Crippen LogP contribution is 2.15. The molecule has 1 amide bonds. The van der Waals surface area contributed by atoms with Gasteiger partial charge in [0.1, 0.15) is 12.7 Å². The molecule has 0 radical (unpaired) electrons. The first-order valence-electron chi connectivity index (χ1n) is 3.70. The second-order valence-electron chi connectivity index (χ2n) is 2.41. The molecule has 70 valence electrons. The Hall–Kier alpha value is -2.31. The SMILES string of the molecule is O=CNc1ncnc2c1ncn2C=O. The number of hydrogen-bond donors (Lipinski definition) is 1. The number of nitrogens with one attached hydrogen (secondary N) is 1. The molecule has 14 heavy (non-hydrogen) atoms. The molecule has 2 aromatic rings. The van der Waals surface area contributed by atoms with E-state index in [-0.39, 0.29) is 5.82 Å². The Kier molecular flexibility index (Phi) is 1.90. The summed E-state index contributed by atoms with van der Waals surface area (Å²) in [6.45, 7) is 0. The molecule has 0 aromatic carbocycles. The van der Waals surface area contributed by atoms with Crippen LogP contribution >= 0.6 is 0 Å². The molecule has 2 heterocycles. The molecule has 0 unspecified atom stereocenters. The van der Waals surface area contributed by atoms with Crippen molar-refractivity contribution in [3.05, 3.63) is 12.7 Å². The summed E-state index contributed by atoms with van der Waals surface area (Å²) >= 11 is 0. The highest BCUT2D eigenvalue weighted by molar-refractivity contribution is 5.90. The fourth-order valence-corrected chi connectivity index (χ4v) is 1.09. The van der Waals surface area contributed by atoms with Gasteiger partial charge in [0, 0.05) is 0 Å². The molecule has 2 rings (SSSR count). The first kappa shape index (κ1) is 8.30. The van der Waals surface area contributed by atoms with Gasteiger partial charge in [0.15, 0.2) is 17.0 Å². The first-order chi connectivity index (χ1) is 6.86. The Balaban J connectivity index is 2.69. The van der Waals surface area contributed by atoms with E-state index in [9.17, 15) is 9.59 Å². The molecule has 7 heteroatoms. The minimum absolute atomic E-state index is 0.283. The summed E-state index contributed by atoms with van der Waals surface area (Å²) in [5.74, 6) is 0.283. The van der Waals surface area contributed by atoms with Gasteiger partial charge in [0.05, 0.1) is 0 Å². The van der Waals surface area contributed by atoms with Crippen molar-refractivity contribution in [2.45, 2.75) is 0 Å². The van der Waals surface area contributed by atoms with Gasteiger partial charge in [-0.1, -0.05) is 0 Å². The zero-order chi connectivity index (χ0) is 9.97. The van der Waals surface area contributed by atoms with Crippen molar-refractivity contribution < 1.29 is 9.59 Å². The topological polar surface area (TPSA) is 89.8 Å². The summed E-state index contributed by atoms with van der Waals surface area (Å²) in [6.07, 6.45) is 3.62. The Morgan fingerprint density at radius 2 is 2.14 bits per heavy atom. The second-order valence-corrected chi connectivity index (χ2v) is 2.41. The summed E-state index contributed by atoms with van der Waals surface area (Å²) in [6, 6.07) is 0. The number of hydrogen-bond acceptors (Lipinski definition) is 5. The van der Waals surface area contributed by atoms with Gasteiger partial charge in [-0.3, -0.25) is 14.2 Å². The quantitative estimate of drug-likeness (QED) is 0.656. The molecule has 0 bridgehead atoms. The van der Waals surface area contributed by atoms with E-state index >= 15 is 0 Å². The third-order valence-electron chi connectivity index (χ3n) is 1.67. The molecule has 2 aromatic heterocycles. The monoisotopic (exact) mass is 191 g/mol. The smallest absolute Gasteiger partial charge is 0.220 e. The normalized spacial score (nSPS) is 10.0. The largest absolute Gasteiger partial charge is 0.311 e. The molecule has 0 fully saturated rings. The van der Waals surface area contributed by atoms with Crippen LogP contribution in [0.15, 0.2) is 12.7 Å². The number of fused-ring (bicyclic) bond motifs is 1.